The van der Waals surface area contributed by atoms with Crippen LogP contribution < -0.4 is 0 Å². The number of nitrogens with zero attached hydrogens (tertiary/aromatic N) is 4. The third kappa shape index (κ3) is 2.22. The molecular weight excluding hydrogens is 338 g/mol. The fraction of sp³-hybridized carbons (Fsp3) is 0.476. The summed E-state index contributed by atoms with van der Waals surface area (Å²) in [5.74, 6) is 1.56. The van der Waals surface area contributed by atoms with Gasteiger partial charge in [-0.1, -0.05) is 12.5 Å². The lowest BCUT2D eigenvalue weighted by atomic mass is 9.62. The molecule has 6 heteroatoms. The second-order valence-electron chi connectivity index (χ2n) is 8.53. The van der Waals surface area contributed by atoms with Crippen molar-refractivity contribution < 1.29 is 4.79 Å². The number of amides is 1. The van der Waals surface area contributed by atoms with Gasteiger partial charge in [-0.2, -0.15) is 0 Å². The zero-order chi connectivity index (χ0) is 18.0. The molecule has 138 valence electrons. The van der Waals surface area contributed by atoms with Crippen LogP contribution in [0.4, 0.5) is 0 Å². The first-order valence-electron chi connectivity index (χ1n) is 10.00. The molecule has 1 atom stereocenters. The van der Waals surface area contributed by atoms with Gasteiger partial charge in [0.1, 0.15) is 12.2 Å². The van der Waals surface area contributed by atoms with Crippen LogP contribution in [0.1, 0.15) is 60.2 Å². The summed E-state index contributed by atoms with van der Waals surface area (Å²) in [6.45, 7) is 1.60. The van der Waals surface area contributed by atoms with Crippen molar-refractivity contribution in [1.29, 1.82) is 0 Å². The first-order valence-corrected chi connectivity index (χ1v) is 10.00. The zero-order valence-corrected chi connectivity index (χ0v) is 15.3. The SMILES string of the molecule is O=C(c1cccc2[nH]ccc12)N1CC(c2nncn2C2CC2)C2(CCC2)C1. The Morgan fingerprint density at radius 3 is 2.89 bits per heavy atom. The van der Waals surface area contributed by atoms with Gasteiger partial charge in [0.2, 0.25) is 0 Å². The Hall–Kier alpha value is -2.63. The standard InChI is InChI=1S/C21H23N5O/c27-20(16-3-1-4-18-15(16)7-10-22-18)25-11-17(21(12-25)8-2-9-21)19-24-23-13-26(19)14-5-6-14/h1,3-4,7,10,13-14,17,22H,2,5-6,8-9,11-12H2. The molecule has 1 saturated heterocycles. The lowest BCUT2D eigenvalue weighted by molar-refractivity contribution is 0.0725. The quantitative estimate of drug-likeness (QED) is 0.776. The smallest absolute Gasteiger partial charge is 0.254 e. The number of fused-ring (bicyclic) bond motifs is 1. The summed E-state index contributed by atoms with van der Waals surface area (Å²) < 4.78 is 2.28. The molecule has 1 N–H and O–H groups in total. The molecule has 1 aliphatic heterocycles. The summed E-state index contributed by atoms with van der Waals surface area (Å²) in [7, 11) is 0. The molecule has 3 heterocycles. The number of H-pyrrole nitrogens is 1. The highest BCUT2D eigenvalue weighted by atomic mass is 16.2. The summed E-state index contributed by atoms with van der Waals surface area (Å²) in [5, 5.41) is 9.74. The van der Waals surface area contributed by atoms with Crippen molar-refractivity contribution in [3.8, 4) is 0 Å². The minimum absolute atomic E-state index is 0.145. The van der Waals surface area contributed by atoms with E-state index in [9.17, 15) is 4.79 Å². The maximum atomic E-state index is 13.4. The highest BCUT2D eigenvalue weighted by Gasteiger charge is 2.54. The van der Waals surface area contributed by atoms with Crippen molar-refractivity contribution in [3.63, 3.8) is 0 Å². The van der Waals surface area contributed by atoms with Crippen LogP contribution in [0.15, 0.2) is 36.8 Å². The number of carbonyl (C=O) groups excluding carboxylic acids is 1. The number of benzene rings is 1. The Labute approximate surface area is 157 Å². The molecule has 27 heavy (non-hydrogen) atoms. The first kappa shape index (κ1) is 15.4. The number of aromatic nitrogens is 4. The molecule has 2 aliphatic carbocycles. The van der Waals surface area contributed by atoms with Crippen LogP contribution in [-0.2, 0) is 0 Å². The number of hydrogen-bond acceptors (Lipinski definition) is 3. The Bertz CT molecular complexity index is 1030. The first-order chi connectivity index (χ1) is 13.3. The van der Waals surface area contributed by atoms with E-state index < -0.39 is 0 Å². The van der Waals surface area contributed by atoms with Crippen molar-refractivity contribution in [2.24, 2.45) is 5.41 Å². The maximum absolute atomic E-state index is 13.4. The van der Waals surface area contributed by atoms with Gasteiger partial charge in [0, 0.05) is 47.7 Å². The summed E-state index contributed by atoms with van der Waals surface area (Å²) in [4.78, 5) is 18.7. The molecular formula is C21H23N5O. The second kappa shape index (κ2) is 5.44. The van der Waals surface area contributed by atoms with Crippen LogP contribution in [0, 0.1) is 5.41 Å². The highest BCUT2D eigenvalue weighted by molar-refractivity contribution is 6.06. The van der Waals surface area contributed by atoms with Crippen molar-refractivity contribution >= 4 is 16.8 Å². The van der Waals surface area contributed by atoms with Gasteiger partial charge in [-0.15, -0.1) is 10.2 Å². The van der Waals surface area contributed by atoms with Crippen molar-refractivity contribution in [1.82, 2.24) is 24.6 Å². The Balaban J connectivity index is 1.35. The van der Waals surface area contributed by atoms with E-state index in [0.717, 1.165) is 35.4 Å². The summed E-state index contributed by atoms with van der Waals surface area (Å²) >= 11 is 0. The molecule has 3 fully saturated rings. The Morgan fingerprint density at radius 1 is 1.22 bits per heavy atom. The number of aromatic amines is 1. The van der Waals surface area contributed by atoms with Gasteiger partial charge in [-0.3, -0.25) is 4.79 Å². The van der Waals surface area contributed by atoms with Gasteiger partial charge in [-0.05, 0) is 49.3 Å². The van der Waals surface area contributed by atoms with Crippen LogP contribution in [0.5, 0.6) is 0 Å². The molecule has 1 amide bonds. The Morgan fingerprint density at radius 2 is 2.11 bits per heavy atom. The van der Waals surface area contributed by atoms with E-state index in [1.165, 1.54) is 32.1 Å². The summed E-state index contributed by atoms with van der Waals surface area (Å²) in [6.07, 6.45) is 9.88. The van der Waals surface area contributed by atoms with E-state index in [1.54, 1.807) is 0 Å². The third-order valence-electron chi connectivity index (χ3n) is 6.96. The predicted octanol–water partition coefficient (Wildman–Crippen LogP) is 3.50. The minimum atomic E-state index is 0.145. The largest absolute Gasteiger partial charge is 0.361 e. The lowest BCUT2D eigenvalue weighted by Gasteiger charge is -2.42. The van der Waals surface area contributed by atoms with Gasteiger partial charge in [-0.25, -0.2) is 0 Å². The van der Waals surface area contributed by atoms with Crippen molar-refractivity contribution in [2.45, 2.75) is 44.1 Å². The van der Waals surface area contributed by atoms with E-state index in [4.69, 9.17) is 0 Å². The van der Waals surface area contributed by atoms with Gasteiger partial charge in [0.15, 0.2) is 0 Å². The van der Waals surface area contributed by atoms with E-state index >= 15 is 0 Å². The number of hydrogen-bond donors (Lipinski definition) is 1. The van der Waals surface area contributed by atoms with Gasteiger partial charge < -0.3 is 14.5 Å². The maximum Gasteiger partial charge on any atom is 0.254 e. The fourth-order valence-electron chi connectivity index (χ4n) is 5.19. The summed E-state index contributed by atoms with van der Waals surface area (Å²) in [6, 6.07) is 8.50. The molecule has 6 nitrogen and oxygen atoms in total. The molecule has 1 aromatic carbocycles. The average molecular weight is 361 g/mol. The predicted molar refractivity (Wildman–Crippen MR) is 102 cm³/mol. The summed E-state index contributed by atoms with van der Waals surface area (Å²) in [5.41, 5.74) is 2.01. The van der Waals surface area contributed by atoms with Crippen molar-refractivity contribution in [2.75, 3.05) is 13.1 Å². The lowest BCUT2D eigenvalue weighted by Crippen LogP contribution is -2.38. The van der Waals surface area contributed by atoms with Crippen LogP contribution in [0.25, 0.3) is 10.9 Å². The number of likely N-dealkylation sites (tertiary alicyclic amines) is 1. The molecule has 1 unspecified atom stereocenters. The molecule has 0 bridgehead atoms. The number of rotatable bonds is 3. The minimum Gasteiger partial charge on any atom is -0.361 e. The average Bonchev–Trinajstić information content (AvgIpc) is 3.10. The molecule has 1 spiro atoms. The molecule has 2 saturated carbocycles. The van der Waals surface area contributed by atoms with Crippen LogP contribution in [0.3, 0.4) is 0 Å². The fourth-order valence-corrected chi connectivity index (χ4v) is 5.19. The Kier molecular flexibility index (Phi) is 3.11. The van der Waals surface area contributed by atoms with E-state index in [2.05, 4.69) is 24.6 Å². The molecule has 3 aliphatic rings. The molecule has 2 aromatic heterocycles. The number of nitrogens with one attached hydrogen (secondary N) is 1. The molecule has 3 aromatic rings. The van der Waals surface area contributed by atoms with Gasteiger partial charge >= 0.3 is 0 Å². The molecule has 0 radical (unpaired) electrons. The van der Waals surface area contributed by atoms with Gasteiger partial charge in [0.25, 0.3) is 5.91 Å². The highest BCUT2D eigenvalue weighted by Crippen LogP contribution is 2.56. The third-order valence-corrected chi connectivity index (χ3v) is 6.96. The van der Waals surface area contributed by atoms with Crippen LogP contribution >= 0.6 is 0 Å². The second-order valence-corrected chi connectivity index (χ2v) is 8.53. The van der Waals surface area contributed by atoms with E-state index in [0.29, 0.717) is 12.0 Å². The van der Waals surface area contributed by atoms with Gasteiger partial charge in [0.05, 0.1) is 0 Å². The van der Waals surface area contributed by atoms with Crippen LogP contribution in [0.2, 0.25) is 0 Å². The topological polar surface area (TPSA) is 66.8 Å². The van der Waals surface area contributed by atoms with Crippen LogP contribution in [-0.4, -0.2) is 43.6 Å². The number of carbonyl (C=O) groups is 1. The normalized spacial score (nSPS) is 23.9. The molecule has 6 rings (SSSR count). The van der Waals surface area contributed by atoms with Crippen molar-refractivity contribution in [3.05, 3.63) is 48.2 Å². The monoisotopic (exact) mass is 361 g/mol. The van der Waals surface area contributed by atoms with E-state index in [1.807, 2.05) is 36.8 Å². The zero-order valence-electron chi connectivity index (χ0n) is 15.3. The van der Waals surface area contributed by atoms with E-state index in [-0.39, 0.29) is 11.3 Å².